The van der Waals surface area contributed by atoms with Crippen molar-refractivity contribution in [3.8, 4) is 11.5 Å². The molecule has 0 radical (unpaired) electrons. The summed E-state index contributed by atoms with van der Waals surface area (Å²) in [5.74, 6) is 3.52. The molecule has 0 aromatic heterocycles. The summed E-state index contributed by atoms with van der Waals surface area (Å²) in [5, 5.41) is 0. The molecule has 2 heteroatoms. The van der Waals surface area contributed by atoms with Gasteiger partial charge in [0.05, 0.1) is 6.61 Å². The SMILES string of the molecule is CCCCCCCCCCCCCCCCC[Si](C)(C)C#CCCCCCOCc1ccccc1. The third-order valence-electron chi connectivity index (χ3n) is 7.03. The molecule has 1 nitrogen and oxygen atoms in total. The van der Waals surface area contributed by atoms with Crippen LogP contribution < -0.4 is 0 Å². The highest BCUT2D eigenvalue weighted by molar-refractivity contribution is 6.85. The lowest BCUT2D eigenvalue weighted by Crippen LogP contribution is -2.22. The van der Waals surface area contributed by atoms with E-state index >= 15 is 0 Å². The summed E-state index contributed by atoms with van der Waals surface area (Å²) in [6.07, 6.45) is 26.3. The molecular formula is C33H58OSi. The van der Waals surface area contributed by atoms with Crippen LogP contribution in [0.1, 0.15) is 134 Å². The Hall–Kier alpha value is -1.04. The van der Waals surface area contributed by atoms with Crippen LogP contribution in [0.15, 0.2) is 30.3 Å². The highest BCUT2D eigenvalue weighted by atomic mass is 28.3. The van der Waals surface area contributed by atoms with Gasteiger partial charge in [0.25, 0.3) is 0 Å². The van der Waals surface area contributed by atoms with Crippen molar-refractivity contribution in [1.29, 1.82) is 0 Å². The highest BCUT2D eigenvalue weighted by Crippen LogP contribution is 2.17. The fourth-order valence-electron chi connectivity index (χ4n) is 4.66. The summed E-state index contributed by atoms with van der Waals surface area (Å²) in [4.78, 5) is 0. The van der Waals surface area contributed by atoms with E-state index in [2.05, 4.69) is 61.8 Å². The molecule has 0 aliphatic carbocycles. The molecule has 0 atom stereocenters. The highest BCUT2D eigenvalue weighted by Gasteiger charge is 2.16. The first-order valence-electron chi connectivity index (χ1n) is 15.3. The second-order valence-electron chi connectivity index (χ2n) is 11.2. The van der Waals surface area contributed by atoms with Gasteiger partial charge < -0.3 is 4.74 Å². The minimum atomic E-state index is -1.31. The predicted octanol–water partition coefficient (Wildman–Crippen LogP) is 10.9. The number of benzene rings is 1. The molecule has 0 unspecified atom stereocenters. The van der Waals surface area contributed by atoms with Crippen LogP contribution in [-0.4, -0.2) is 14.7 Å². The minimum Gasteiger partial charge on any atom is -0.377 e. The molecule has 35 heavy (non-hydrogen) atoms. The van der Waals surface area contributed by atoms with Crippen molar-refractivity contribution in [2.75, 3.05) is 6.61 Å². The van der Waals surface area contributed by atoms with Crippen molar-refractivity contribution in [3.05, 3.63) is 35.9 Å². The van der Waals surface area contributed by atoms with Gasteiger partial charge in [0.2, 0.25) is 0 Å². The van der Waals surface area contributed by atoms with Crippen LogP contribution in [0.4, 0.5) is 0 Å². The molecule has 1 rings (SSSR count). The number of unbranched alkanes of at least 4 members (excludes halogenated alkanes) is 17. The van der Waals surface area contributed by atoms with Gasteiger partial charge in [0, 0.05) is 13.0 Å². The summed E-state index contributed by atoms with van der Waals surface area (Å²) in [6.45, 7) is 8.82. The quantitative estimate of drug-likeness (QED) is 0.0828. The molecular weight excluding hydrogens is 440 g/mol. The van der Waals surface area contributed by atoms with Crippen molar-refractivity contribution >= 4 is 8.07 Å². The summed E-state index contributed by atoms with van der Waals surface area (Å²) < 4.78 is 5.77. The second-order valence-corrected chi connectivity index (χ2v) is 15.8. The first-order valence-corrected chi connectivity index (χ1v) is 18.5. The van der Waals surface area contributed by atoms with Gasteiger partial charge in [-0.3, -0.25) is 0 Å². The maximum atomic E-state index is 5.77. The Labute approximate surface area is 221 Å². The predicted molar refractivity (Wildman–Crippen MR) is 160 cm³/mol. The van der Waals surface area contributed by atoms with Gasteiger partial charge in [0.1, 0.15) is 8.07 Å². The Kier molecular flexibility index (Phi) is 21.3. The normalized spacial score (nSPS) is 11.4. The molecule has 0 spiro atoms. The van der Waals surface area contributed by atoms with Crippen LogP contribution >= 0.6 is 0 Å². The fraction of sp³-hybridized carbons (Fsp3) is 0.758. The van der Waals surface area contributed by atoms with E-state index in [0.717, 1.165) is 26.1 Å². The van der Waals surface area contributed by atoms with Crippen molar-refractivity contribution in [3.63, 3.8) is 0 Å². The number of rotatable bonds is 23. The molecule has 200 valence electrons. The monoisotopic (exact) mass is 498 g/mol. The number of hydrogen-bond acceptors (Lipinski definition) is 1. The van der Waals surface area contributed by atoms with Crippen LogP contribution in [0.2, 0.25) is 19.1 Å². The third kappa shape index (κ3) is 21.9. The van der Waals surface area contributed by atoms with Gasteiger partial charge in [0.15, 0.2) is 0 Å². The third-order valence-corrected chi connectivity index (χ3v) is 9.49. The zero-order valence-electron chi connectivity index (χ0n) is 23.9. The molecule has 0 aliphatic heterocycles. The fourth-order valence-corrected chi connectivity index (χ4v) is 6.52. The smallest absolute Gasteiger partial charge is 0.132 e. The summed E-state index contributed by atoms with van der Waals surface area (Å²) in [6, 6.07) is 11.8. The largest absolute Gasteiger partial charge is 0.377 e. The molecule has 1 aromatic rings. The Morgan fingerprint density at radius 3 is 1.71 bits per heavy atom. The van der Waals surface area contributed by atoms with E-state index in [9.17, 15) is 0 Å². The van der Waals surface area contributed by atoms with Crippen molar-refractivity contribution < 1.29 is 4.74 Å². The van der Waals surface area contributed by atoms with Crippen molar-refractivity contribution in [1.82, 2.24) is 0 Å². The first kappa shape index (κ1) is 32.0. The van der Waals surface area contributed by atoms with E-state index in [1.165, 1.54) is 121 Å². The summed E-state index contributed by atoms with van der Waals surface area (Å²) in [7, 11) is -1.31. The van der Waals surface area contributed by atoms with Crippen LogP contribution in [0.25, 0.3) is 0 Å². The molecule has 0 amide bonds. The summed E-state index contributed by atoms with van der Waals surface area (Å²) in [5.41, 5.74) is 4.95. The Bertz CT molecular complexity index is 627. The Morgan fingerprint density at radius 2 is 1.14 bits per heavy atom. The van der Waals surface area contributed by atoms with Gasteiger partial charge in [-0.1, -0.05) is 153 Å². The topological polar surface area (TPSA) is 9.23 Å². The number of ether oxygens (including phenoxy) is 1. The van der Waals surface area contributed by atoms with Crippen LogP contribution in [0.3, 0.4) is 0 Å². The van der Waals surface area contributed by atoms with Gasteiger partial charge >= 0.3 is 0 Å². The lowest BCUT2D eigenvalue weighted by Gasteiger charge is -2.14. The maximum Gasteiger partial charge on any atom is 0.132 e. The summed E-state index contributed by atoms with van der Waals surface area (Å²) >= 11 is 0. The average molecular weight is 499 g/mol. The molecule has 0 N–H and O–H groups in total. The Balaban J connectivity index is 1.85. The Morgan fingerprint density at radius 1 is 0.629 bits per heavy atom. The average Bonchev–Trinajstić information content (AvgIpc) is 2.86. The van der Waals surface area contributed by atoms with Crippen LogP contribution in [0.5, 0.6) is 0 Å². The van der Waals surface area contributed by atoms with Gasteiger partial charge in [-0.25, -0.2) is 0 Å². The lowest BCUT2D eigenvalue weighted by atomic mass is 10.0. The van der Waals surface area contributed by atoms with E-state index in [1.807, 2.05) is 0 Å². The van der Waals surface area contributed by atoms with Crippen LogP contribution in [-0.2, 0) is 11.3 Å². The standard InChI is InChI=1S/C33H58OSi/c1-4-5-6-7-8-9-10-11-12-13-14-15-16-19-25-30-35(2,3)31-26-20-17-18-24-29-34-32-33-27-22-21-23-28-33/h21-23,27-28H,4-20,24-25,29-30,32H2,1-3H3. The van der Waals surface area contributed by atoms with E-state index < -0.39 is 8.07 Å². The van der Waals surface area contributed by atoms with E-state index in [0.29, 0.717) is 0 Å². The zero-order valence-corrected chi connectivity index (χ0v) is 24.9. The van der Waals surface area contributed by atoms with Crippen molar-refractivity contribution in [2.24, 2.45) is 0 Å². The van der Waals surface area contributed by atoms with Gasteiger partial charge in [-0.05, 0) is 24.4 Å². The molecule has 0 heterocycles. The molecule has 1 aromatic carbocycles. The molecule has 0 saturated heterocycles. The number of hydrogen-bond donors (Lipinski definition) is 0. The lowest BCUT2D eigenvalue weighted by molar-refractivity contribution is 0.117. The zero-order chi connectivity index (χ0) is 25.3. The first-order chi connectivity index (χ1) is 17.1. The van der Waals surface area contributed by atoms with Gasteiger partial charge in [-0.15, -0.1) is 11.5 Å². The molecule has 0 aliphatic rings. The van der Waals surface area contributed by atoms with Crippen molar-refractivity contribution in [2.45, 2.75) is 155 Å². The van der Waals surface area contributed by atoms with E-state index in [4.69, 9.17) is 4.74 Å². The maximum absolute atomic E-state index is 5.77. The molecule has 0 bridgehead atoms. The second kappa shape index (κ2) is 23.4. The minimum absolute atomic E-state index is 0.736. The van der Waals surface area contributed by atoms with Crippen LogP contribution in [0, 0.1) is 11.5 Å². The molecule has 0 saturated carbocycles. The molecule has 0 fully saturated rings. The van der Waals surface area contributed by atoms with Gasteiger partial charge in [-0.2, -0.15) is 0 Å². The van der Waals surface area contributed by atoms with E-state index in [-0.39, 0.29) is 0 Å². The van der Waals surface area contributed by atoms with E-state index in [1.54, 1.807) is 0 Å².